The first-order chi connectivity index (χ1) is 14.0. The zero-order chi connectivity index (χ0) is 20.8. The highest BCUT2D eigenvalue weighted by molar-refractivity contribution is 6.06. The molecule has 1 aliphatic rings. The van der Waals surface area contributed by atoms with Gasteiger partial charge in [-0.25, -0.2) is 0 Å². The minimum Gasteiger partial charge on any atom is -0.496 e. The fourth-order valence-corrected chi connectivity index (χ4v) is 3.30. The van der Waals surface area contributed by atoms with E-state index < -0.39 is 0 Å². The van der Waals surface area contributed by atoms with Gasteiger partial charge in [0.15, 0.2) is 0 Å². The lowest BCUT2D eigenvalue weighted by Gasteiger charge is -2.25. The third kappa shape index (κ3) is 5.28. The van der Waals surface area contributed by atoms with Crippen molar-refractivity contribution in [1.82, 2.24) is 5.32 Å². The Labute approximate surface area is 171 Å². The Morgan fingerprint density at radius 3 is 2.76 bits per heavy atom. The number of amides is 2. The molecule has 0 fully saturated rings. The van der Waals surface area contributed by atoms with Crippen molar-refractivity contribution in [3.63, 3.8) is 0 Å². The molecule has 1 heterocycles. The Morgan fingerprint density at radius 1 is 1.21 bits per heavy atom. The van der Waals surface area contributed by atoms with Gasteiger partial charge in [-0.2, -0.15) is 0 Å². The molecule has 0 spiro atoms. The van der Waals surface area contributed by atoms with E-state index in [1.54, 1.807) is 24.3 Å². The monoisotopic (exact) mass is 396 g/mol. The molecule has 1 atom stereocenters. The van der Waals surface area contributed by atoms with Crippen molar-refractivity contribution < 1.29 is 19.1 Å². The lowest BCUT2D eigenvalue weighted by molar-refractivity contribution is -0.126. The lowest BCUT2D eigenvalue weighted by Crippen LogP contribution is -2.38. The third-order valence-corrected chi connectivity index (χ3v) is 4.97. The SMILES string of the molecule is COc1ccccc1C(=O)Nc1ccc2c(c1)C[C@H](C(=O)NCCC(C)C)CO2. The summed E-state index contributed by atoms with van der Waals surface area (Å²) in [5, 5.41) is 5.89. The van der Waals surface area contributed by atoms with E-state index in [0.717, 1.165) is 17.7 Å². The van der Waals surface area contributed by atoms with Crippen molar-refractivity contribution in [1.29, 1.82) is 0 Å². The second kappa shape index (κ2) is 9.45. The van der Waals surface area contributed by atoms with E-state index in [4.69, 9.17) is 9.47 Å². The van der Waals surface area contributed by atoms with Gasteiger partial charge >= 0.3 is 0 Å². The van der Waals surface area contributed by atoms with Crippen LogP contribution >= 0.6 is 0 Å². The number of hydrogen-bond acceptors (Lipinski definition) is 4. The van der Waals surface area contributed by atoms with Gasteiger partial charge in [0.2, 0.25) is 5.91 Å². The number of carbonyl (C=O) groups excluding carboxylic acids is 2. The van der Waals surface area contributed by atoms with Crippen LogP contribution in [0.3, 0.4) is 0 Å². The minimum atomic E-state index is -0.248. The van der Waals surface area contributed by atoms with Crippen molar-refractivity contribution in [2.75, 3.05) is 25.6 Å². The number of anilines is 1. The van der Waals surface area contributed by atoms with Gasteiger partial charge in [0.1, 0.15) is 18.1 Å². The number of rotatable bonds is 7. The van der Waals surface area contributed by atoms with Crippen molar-refractivity contribution in [2.45, 2.75) is 26.7 Å². The summed E-state index contributed by atoms with van der Waals surface area (Å²) >= 11 is 0. The molecule has 0 saturated carbocycles. The predicted molar refractivity (Wildman–Crippen MR) is 113 cm³/mol. The second-order valence-electron chi connectivity index (χ2n) is 7.66. The van der Waals surface area contributed by atoms with E-state index in [2.05, 4.69) is 24.5 Å². The number of carbonyl (C=O) groups is 2. The van der Waals surface area contributed by atoms with Gasteiger partial charge in [-0.15, -0.1) is 0 Å². The van der Waals surface area contributed by atoms with Crippen molar-refractivity contribution in [3.05, 3.63) is 53.6 Å². The zero-order valence-electron chi connectivity index (χ0n) is 17.2. The summed E-state index contributed by atoms with van der Waals surface area (Å²) in [5.74, 6) is 1.36. The fourth-order valence-electron chi connectivity index (χ4n) is 3.30. The van der Waals surface area contributed by atoms with Gasteiger partial charge in [-0.05, 0) is 54.7 Å². The van der Waals surface area contributed by atoms with Crippen LogP contribution in [0.4, 0.5) is 5.69 Å². The first-order valence-corrected chi connectivity index (χ1v) is 9.95. The molecule has 0 unspecified atom stereocenters. The normalized spacial score (nSPS) is 15.2. The number of fused-ring (bicyclic) bond motifs is 1. The van der Waals surface area contributed by atoms with E-state index >= 15 is 0 Å². The maximum Gasteiger partial charge on any atom is 0.259 e. The zero-order valence-corrected chi connectivity index (χ0v) is 17.2. The molecule has 154 valence electrons. The van der Waals surface area contributed by atoms with Gasteiger partial charge in [0.25, 0.3) is 5.91 Å². The molecule has 2 N–H and O–H groups in total. The Hall–Kier alpha value is -3.02. The first kappa shape index (κ1) is 20.7. The average molecular weight is 396 g/mol. The maximum atomic E-state index is 12.6. The molecular weight excluding hydrogens is 368 g/mol. The number of nitrogens with one attached hydrogen (secondary N) is 2. The minimum absolute atomic E-state index is 0.0137. The van der Waals surface area contributed by atoms with Crippen LogP contribution in [0.5, 0.6) is 11.5 Å². The molecule has 2 amide bonds. The summed E-state index contributed by atoms with van der Waals surface area (Å²) in [6, 6.07) is 12.6. The van der Waals surface area contributed by atoms with E-state index in [0.29, 0.717) is 42.5 Å². The number of para-hydroxylation sites is 1. The van der Waals surface area contributed by atoms with Crippen molar-refractivity contribution >= 4 is 17.5 Å². The standard InChI is InChI=1S/C23H28N2O4/c1-15(2)10-11-24-22(26)17-12-16-13-18(8-9-20(16)29-14-17)25-23(27)19-6-4-5-7-21(19)28-3/h4-9,13,15,17H,10-12,14H2,1-3H3,(H,24,26)(H,25,27)/t17-/m0/s1. The van der Waals surface area contributed by atoms with Crippen LogP contribution < -0.4 is 20.1 Å². The highest BCUT2D eigenvalue weighted by Gasteiger charge is 2.26. The molecule has 3 rings (SSSR count). The molecule has 1 aliphatic heterocycles. The van der Waals surface area contributed by atoms with Gasteiger partial charge in [-0.1, -0.05) is 26.0 Å². The van der Waals surface area contributed by atoms with E-state index in [-0.39, 0.29) is 17.7 Å². The predicted octanol–water partition coefficient (Wildman–Crippen LogP) is 3.66. The van der Waals surface area contributed by atoms with Crippen LogP contribution in [0.2, 0.25) is 0 Å². The number of methoxy groups -OCH3 is 1. The van der Waals surface area contributed by atoms with Crippen molar-refractivity contribution in [2.24, 2.45) is 11.8 Å². The molecule has 2 aromatic carbocycles. The highest BCUT2D eigenvalue weighted by Crippen LogP contribution is 2.30. The summed E-state index contributed by atoms with van der Waals surface area (Å²) in [6.07, 6.45) is 1.54. The maximum absolute atomic E-state index is 12.6. The number of ether oxygens (including phenoxy) is 2. The van der Waals surface area contributed by atoms with E-state index in [9.17, 15) is 9.59 Å². The molecule has 0 bridgehead atoms. The molecule has 6 heteroatoms. The quantitative estimate of drug-likeness (QED) is 0.749. The molecule has 0 aromatic heterocycles. The van der Waals surface area contributed by atoms with Gasteiger partial charge in [0.05, 0.1) is 18.6 Å². The van der Waals surface area contributed by atoms with Crippen LogP contribution in [0.25, 0.3) is 0 Å². The topological polar surface area (TPSA) is 76.7 Å². The van der Waals surface area contributed by atoms with Gasteiger partial charge in [0, 0.05) is 12.2 Å². The summed E-state index contributed by atoms with van der Waals surface area (Å²) in [6.45, 7) is 5.31. The third-order valence-electron chi connectivity index (χ3n) is 4.97. The number of benzene rings is 2. The van der Waals surface area contributed by atoms with Crippen LogP contribution in [0.15, 0.2) is 42.5 Å². The second-order valence-corrected chi connectivity index (χ2v) is 7.66. The molecule has 0 aliphatic carbocycles. The van der Waals surface area contributed by atoms with E-state index in [1.165, 1.54) is 7.11 Å². The Morgan fingerprint density at radius 2 is 2.00 bits per heavy atom. The summed E-state index contributed by atoms with van der Waals surface area (Å²) < 4.78 is 11.0. The fraction of sp³-hybridized carbons (Fsp3) is 0.391. The molecule has 2 aromatic rings. The largest absolute Gasteiger partial charge is 0.496 e. The lowest BCUT2D eigenvalue weighted by atomic mass is 9.95. The Kier molecular flexibility index (Phi) is 6.75. The number of hydrogen-bond donors (Lipinski definition) is 2. The Bertz CT molecular complexity index is 879. The van der Waals surface area contributed by atoms with Crippen molar-refractivity contribution in [3.8, 4) is 11.5 Å². The van der Waals surface area contributed by atoms with Crippen LogP contribution in [-0.4, -0.2) is 32.1 Å². The van der Waals surface area contributed by atoms with Crippen LogP contribution in [0.1, 0.15) is 36.2 Å². The smallest absolute Gasteiger partial charge is 0.259 e. The molecular formula is C23H28N2O4. The van der Waals surface area contributed by atoms with E-state index in [1.807, 2.05) is 18.2 Å². The Balaban J connectivity index is 1.66. The average Bonchev–Trinajstić information content (AvgIpc) is 2.72. The molecule has 0 radical (unpaired) electrons. The molecule has 29 heavy (non-hydrogen) atoms. The summed E-state index contributed by atoms with van der Waals surface area (Å²) in [4.78, 5) is 25.1. The highest BCUT2D eigenvalue weighted by atomic mass is 16.5. The summed E-state index contributed by atoms with van der Waals surface area (Å²) in [5.41, 5.74) is 2.04. The molecule has 6 nitrogen and oxygen atoms in total. The van der Waals surface area contributed by atoms with Gasteiger partial charge < -0.3 is 20.1 Å². The van der Waals surface area contributed by atoms with Gasteiger partial charge in [-0.3, -0.25) is 9.59 Å². The van der Waals surface area contributed by atoms with Crippen LogP contribution in [-0.2, 0) is 11.2 Å². The molecule has 0 saturated heterocycles. The first-order valence-electron chi connectivity index (χ1n) is 9.95. The summed E-state index contributed by atoms with van der Waals surface area (Å²) in [7, 11) is 1.54. The van der Waals surface area contributed by atoms with Crippen LogP contribution in [0, 0.1) is 11.8 Å².